The average Bonchev–Trinajstić information content (AvgIpc) is 3.10. The van der Waals surface area contributed by atoms with E-state index in [1.807, 2.05) is 0 Å². The first-order valence-corrected chi connectivity index (χ1v) is 11.6. The molecule has 0 unspecified atom stereocenters. The van der Waals surface area contributed by atoms with Crippen LogP contribution in [0.2, 0.25) is 0 Å². The number of hydrogen-bond donors (Lipinski definition) is 0. The molecule has 4 aromatic rings. The summed E-state index contributed by atoms with van der Waals surface area (Å²) < 4.78 is 4.49. The first-order valence-electron chi connectivity index (χ1n) is 11.6. The van der Waals surface area contributed by atoms with Gasteiger partial charge in [0.25, 0.3) is 5.82 Å². The smallest absolute Gasteiger partial charge is 0.377 e. The molecule has 0 fully saturated rings. The molecule has 0 atom stereocenters. The van der Waals surface area contributed by atoms with E-state index in [0.717, 1.165) is 0 Å². The monoisotopic (exact) mass is 435 g/mol. The summed E-state index contributed by atoms with van der Waals surface area (Å²) in [6, 6.07) is 17.7. The van der Waals surface area contributed by atoms with Crippen LogP contribution in [0.25, 0.3) is 22.5 Å². The Morgan fingerprint density at radius 1 is 0.758 bits per heavy atom. The lowest BCUT2D eigenvalue weighted by Crippen LogP contribution is -2.49. The Labute approximate surface area is 199 Å². The van der Waals surface area contributed by atoms with Crippen LogP contribution >= 0.6 is 0 Å². The number of nitrogens with zero attached hydrogens (tertiary/aromatic N) is 3. The van der Waals surface area contributed by atoms with Crippen LogP contribution in [0.4, 0.5) is 5.69 Å². The van der Waals surface area contributed by atoms with Crippen LogP contribution in [0.3, 0.4) is 0 Å². The van der Waals surface area contributed by atoms with E-state index in [0.29, 0.717) is 0 Å². The van der Waals surface area contributed by atoms with Gasteiger partial charge in [-0.2, -0.15) is 0 Å². The third kappa shape index (κ3) is 4.22. The second-order valence-electron chi connectivity index (χ2n) is 9.42. The number of anilines is 1. The highest BCUT2D eigenvalue weighted by atomic mass is 15.1. The first kappa shape index (κ1) is 22.9. The normalized spacial score (nSPS) is 11.0. The predicted octanol–water partition coefficient (Wildman–Crippen LogP) is 5.05. The molecule has 1 heterocycles. The molecule has 0 amide bonds. The Bertz CT molecular complexity index is 1290. The molecule has 0 aliphatic carbocycles. The number of imidazole rings is 1. The lowest BCUT2D eigenvalue weighted by molar-refractivity contribution is -0.513. The molecule has 3 aromatic carbocycles. The molecule has 0 N–H and O–H groups in total. The Morgan fingerprint density at radius 3 is 1.91 bits per heavy atom. The fourth-order valence-corrected chi connectivity index (χ4v) is 4.90. The summed E-state index contributed by atoms with van der Waals surface area (Å²) >= 11 is 0. The minimum Gasteiger partial charge on any atom is -0.377 e. The molecule has 33 heavy (non-hydrogen) atoms. The third-order valence-corrected chi connectivity index (χ3v) is 6.63. The number of aromatic nitrogens is 2. The van der Waals surface area contributed by atoms with Gasteiger partial charge >= 0.3 is 7.41 Å². The zero-order valence-corrected chi connectivity index (χ0v) is 21.2. The van der Waals surface area contributed by atoms with Crippen LogP contribution < -0.4 is 14.8 Å². The molecule has 1 aromatic heterocycles. The third-order valence-electron chi connectivity index (χ3n) is 6.63. The maximum absolute atomic E-state index is 2.34. The van der Waals surface area contributed by atoms with Crippen LogP contribution in [-0.2, 0) is 7.05 Å². The second kappa shape index (κ2) is 8.94. The van der Waals surface area contributed by atoms with Crippen molar-refractivity contribution >= 4 is 18.6 Å². The summed E-state index contributed by atoms with van der Waals surface area (Å²) in [6.45, 7) is 11.0. The molecule has 4 heteroatoms. The fourth-order valence-electron chi connectivity index (χ4n) is 4.90. The van der Waals surface area contributed by atoms with Crippen molar-refractivity contribution < 1.29 is 4.48 Å². The van der Waals surface area contributed by atoms with Gasteiger partial charge in [-0.15, -0.1) is 0 Å². The van der Waals surface area contributed by atoms with Crippen molar-refractivity contribution in [2.45, 2.75) is 34.6 Å². The molecule has 0 aliphatic rings. The van der Waals surface area contributed by atoms with E-state index in [9.17, 15) is 0 Å². The highest BCUT2D eigenvalue weighted by Gasteiger charge is 2.26. The Kier molecular flexibility index (Phi) is 6.20. The van der Waals surface area contributed by atoms with Crippen LogP contribution in [-0.4, -0.2) is 26.1 Å². The first-order chi connectivity index (χ1) is 15.7. The van der Waals surface area contributed by atoms with Crippen molar-refractivity contribution in [3.8, 4) is 22.5 Å². The van der Waals surface area contributed by atoms with Crippen molar-refractivity contribution in [3.05, 3.63) is 88.7 Å². The van der Waals surface area contributed by atoms with E-state index >= 15 is 0 Å². The van der Waals surface area contributed by atoms with E-state index in [2.05, 4.69) is 138 Å². The maximum atomic E-state index is 2.34. The minimum absolute atomic E-state index is 1.17. The summed E-state index contributed by atoms with van der Waals surface area (Å²) in [5, 5.41) is 0. The lowest BCUT2D eigenvalue weighted by atomic mass is 9.76. The van der Waals surface area contributed by atoms with Gasteiger partial charge in [0.1, 0.15) is 12.4 Å². The van der Waals surface area contributed by atoms with Gasteiger partial charge in [0.2, 0.25) is 0 Å². The van der Waals surface area contributed by atoms with E-state index in [4.69, 9.17) is 0 Å². The molecule has 0 bridgehead atoms. The van der Waals surface area contributed by atoms with Gasteiger partial charge in [0, 0.05) is 14.1 Å². The van der Waals surface area contributed by atoms with E-state index in [1.165, 1.54) is 61.5 Å². The molecule has 0 saturated heterocycles. The Morgan fingerprint density at radius 2 is 1.33 bits per heavy atom. The molecule has 3 nitrogen and oxygen atoms in total. The highest BCUT2D eigenvalue weighted by Crippen LogP contribution is 2.37. The van der Waals surface area contributed by atoms with Gasteiger partial charge in [-0.3, -0.25) is 4.48 Å². The molecule has 4 rings (SSSR count). The van der Waals surface area contributed by atoms with Gasteiger partial charge in [-0.05, 0) is 74.0 Å². The SMILES string of the molecule is Cc1cccc(C)c1[B][n+]1ccn(C)c1-c1c(C)cc(-c2c(C)cccc2C)cc1N(C)C. The molecule has 0 saturated carbocycles. The van der Waals surface area contributed by atoms with E-state index in [-0.39, 0.29) is 0 Å². The van der Waals surface area contributed by atoms with Gasteiger partial charge in [-0.1, -0.05) is 53.6 Å². The lowest BCUT2D eigenvalue weighted by Gasteiger charge is -2.21. The summed E-state index contributed by atoms with van der Waals surface area (Å²) in [4.78, 5) is 2.23. The number of aryl methyl sites for hydroxylation is 6. The van der Waals surface area contributed by atoms with Crippen molar-refractivity contribution in [1.82, 2.24) is 4.57 Å². The van der Waals surface area contributed by atoms with Crippen molar-refractivity contribution in [1.29, 1.82) is 0 Å². The predicted molar refractivity (Wildman–Crippen MR) is 142 cm³/mol. The second-order valence-corrected chi connectivity index (χ2v) is 9.42. The van der Waals surface area contributed by atoms with Crippen LogP contribution in [0.15, 0.2) is 60.9 Å². The molecule has 167 valence electrons. The van der Waals surface area contributed by atoms with Crippen molar-refractivity contribution in [2.24, 2.45) is 7.05 Å². The topological polar surface area (TPSA) is 12.0 Å². The Hall–Kier alpha value is -3.27. The highest BCUT2D eigenvalue weighted by molar-refractivity contribution is 6.46. The van der Waals surface area contributed by atoms with E-state index in [1.54, 1.807) is 0 Å². The van der Waals surface area contributed by atoms with Crippen LogP contribution in [0.1, 0.15) is 27.8 Å². The van der Waals surface area contributed by atoms with Gasteiger partial charge in [0.05, 0.1) is 18.3 Å². The molecule has 1 radical (unpaired) electrons. The molecule has 0 spiro atoms. The number of hydrogen-bond acceptors (Lipinski definition) is 1. The number of rotatable bonds is 5. The van der Waals surface area contributed by atoms with Crippen LogP contribution in [0.5, 0.6) is 0 Å². The largest absolute Gasteiger partial charge is 0.437 e. The maximum Gasteiger partial charge on any atom is 0.437 e. The zero-order valence-electron chi connectivity index (χ0n) is 21.2. The van der Waals surface area contributed by atoms with Crippen molar-refractivity contribution in [2.75, 3.05) is 19.0 Å². The van der Waals surface area contributed by atoms with E-state index < -0.39 is 0 Å². The van der Waals surface area contributed by atoms with Gasteiger partial charge < -0.3 is 4.90 Å². The summed E-state index contributed by atoms with van der Waals surface area (Å²) in [5.41, 5.74) is 12.8. The van der Waals surface area contributed by atoms with Gasteiger partial charge in [0.15, 0.2) is 0 Å². The molecular formula is C29H34BN3+. The van der Waals surface area contributed by atoms with Crippen molar-refractivity contribution in [3.63, 3.8) is 0 Å². The van der Waals surface area contributed by atoms with Crippen LogP contribution in [0, 0.1) is 34.6 Å². The quantitative estimate of drug-likeness (QED) is 0.400. The minimum atomic E-state index is 1.17. The van der Waals surface area contributed by atoms with Gasteiger partial charge in [-0.25, -0.2) is 4.57 Å². The fraction of sp³-hybridized carbons (Fsp3) is 0.276. The molecule has 0 aliphatic heterocycles. The standard InChI is InChI=1S/C29H34BN3/c1-19-11-9-12-20(2)26(19)24-17-23(5)27(25(18-24)31(6)7)29-32(8)15-16-33(29)30-28-21(3)13-10-14-22(28)4/h9-18H,1-8H3/q+1. The average molecular weight is 435 g/mol. The molecular weight excluding hydrogens is 401 g/mol. The summed E-state index contributed by atoms with van der Waals surface area (Å²) in [5.74, 6) is 1.17. The summed E-state index contributed by atoms with van der Waals surface area (Å²) in [7, 11) is 8.66. The summed E-state index contributed by atoms with van der Waals surface area (Å²) in [6.07, 6.45) is 4.29. The zero-order chi connectivity index (χ0) is 23.9. The Balaban J connectivity index is 1.91. The number of benzene rings is 3.